The van der Waals surface area contributed by atoms with E-state index in [0.717, 1.165) is 17.1 Å². The Morgan fingerprint density at radius 2 is 0.617 bits per heavy atom. The van der Waals surface area contributed by atoms with Gasteiger partial charge in [-0.1, -0.05) is 218 Å². The van der Waals surface area contributed by atoms with E-state index in [1.165, 1.54) is 88.7 Å². The predicted octanol–water partition coefficient (Wildman–Crippen LogP) is 15.7. The molecule has 2 aliphatic carbocycles. The lowest BCUT2D eigenvalue weighted by Crippen LogP contribution is -2.28. The minimum atomic E-state index is -0.533. The average molecular weight is 762 g/mol. The normalized spacial score (nSPS) is 12.8. The van der Waals surface area contributed by atoms with Crippen LogP contribution in [0.5, 0.6) is 0 Å². The van der Waals surface area contributed by atoms with Crippen molar-refractivity contribution in [3.8, 4) is 55.6 Å². The summed E-state index contributed by atoms with van der Waals surface area (Å²) >= 11 is 0. The Bertz CT molecular complexity index is 3210. The average Bonchev–Trinajstić information content (AvgIpc) is 3.80. The second kappa shape index (κ2) is 13.7. The van der Waals surface area contributed by atoms with Crippen LogP contribution in [0.1, 0.15) is 22.3 Å². The first kappa shape index (κ1) is 34.3. The van der Waals surface area contributed by atoms with Crippen molar-refractivity contribution in [2.45, 2.75) is 5.41 Å². The summed E-state index contributed by atoms with van der Waals surface area (Å²) in [5, 5.41) is 2.46. The van der Waals surface area contributed by atoms with Crippen LogP contribution in [0.2, 0.25) is 0 Å². The zero-order valence-corrected chi connectivity index (χ0v) is 33.0. The molecule has 0 bridgehead atoms. The minimum absolute atomic E-state index is 0.533. The van der Waals surface area contributed by atoms with E-state index < -0.39 is 5.41 Å². The molecule has 10 aromatic carbocycles. The Morgan fingerprint density at radius 1 is 0.233 bits per heavy atom. The molecule has 60 heavy (non-hydrogen) atoms. The first-order valence-corrected chi connectivity index (χ1v) is 20.9. The number of benzene rings is 10. The van der Waals surface area contributed by atoms with Crippen LogP contribution in [0.25, 0.3) is 66.4 Å². The molecular formula is C59H39N. The van der Waals surface area contributed by atoms with E-state index in [9.17, 15) is 0 Å². The monoisotopic (exact) mass is 761 g/mol. The zero-order chi connectivity index (χ0) is 39.6. The number of fused-ring (bicyclic) bond motifs is 11. The number of hydrogen-bond donors (Lipinski definition) is 0. The molecule has 1 heteroatoms. The zero-order valence-electron chi connectivity index (χ0n) is 33.0. The summed E-state index contributed by atoms with van der Waals surface area (Å²) in [5.74, 6) is 0. The molecule has 0 saturated carbocycles. The van der Waals surface area contributed by atoms with Crippen LogP contribution in [0.15, 0.2) is 237 Å². The highest BCUT2D eigenvalue weighted by atomic mass is 15.2. The lowest BCUT2D eigenvalue weighted by molar-refractivity contribution is 0.793. The van der Waals surface area contributed by atoms with Crippen LogP contribution in [0.4, 0.5) is 17.1 Å². The molecule has 0 saturated heterocycles. The molecular weight excluding hydrogens is 723 g/mol. The Kier molecular flexibility index (Phi) is 7.83. The maximum atomic E-state index is 2.58. The van der Waals surface area contributed by atoms with Crippen LogP contribution in [-0.2, 0) is 5.41 Å². The summed E-state index contributed by atoms with van der Waals surface area (Å²) in [5.41, 5.74) is 20.5. The van der Waals surface area contributed by atoms with Gasteiger partial charge in [-0.25, -0.2) is 0 Å². The first-order chi connectivity index (χ1) is 29.8. The van der Waals surface area contributed by atoms with Crippen LogP contribution in [-0.4, -0.2) is 0 Å². The van der Waals surface area contributed by atoms with Crippen molar-refractivity contribution in [1.82, 2.24) is 0 Å². The molecule has 0 fully saturated rings. The van der Waals surface area contributed by atoms with E-state index in [-0.39, 0.29) is 0 Å². The summed E-state index contributed by atoms with van der Waals surface area (Å²) < 4.78 is 0. The smallest absolute Gasteiger partial charge is 0.0746 e. The third-order valence-electron chi connectivity index (χ3n) is 12.9. The van der Waals surface area contributed by atoms with Gasteiger partial charge in [-0.15, -0.1) is 0 Å². The van der Waals surface area contributed by atoms with Gasteiger partial charge in [0.05, 0.1) is 22.5 Å². The third kappa shape index (κ3) is 4.93. The summed E-state index contributed by atoms with van der Waals surface area (Å²) in [6.45, 7) is 0. The van der Waals surface area contributed by atoms with E-state index in [1.807, 2.05) is 0 Å². The Morgan fingerprint density at radius 3 is 1.22 bits per heavy atom. The number of nitrogens with zero attached hydrogens (tertiary/aromatic N) is 1. The van der Waals surface area contributed by atoms with Gasteiger partial charge in [-0.2, -0.15) is 0 Å². The van der Waals surface area contributed by atoms with Crippen molar-refractivity contribution in [1.29, 1.82) is 0 Å². The Hall–Kier alpha value is -7.74. The van der Waals surface area contributed by atoms with Crippen LogP contribution >= 0.6 is 0 Å². The topological polar surface area (TPSA) is 3.24 Å². The van der Waals surface area contributed by atoms with Crippen molar-refractivity contribution in [2.24, 2.45) is 0 Å². The molecule has 0 aliphatic heterocycles. The molecule has 0 aromatic heterocycles. The van der Waals surface area contributed by atoms with E-state index in [4.69, 9.17) is 0 Å². The largest absolute Gasteiger partial charge is 0.309 e. The molecule has 280 valence electrons. The highest BCUT2D eigenvalue weighted by Gasteiger charge is 2.53. The second-order valence-electron chi connectivity index (χ2n) is 15.9. The number of hydrogen-bond acceptors (Lipinski definition) is 1. The van der Waals surface area contributed by atoms with Crippen molar-refractivity contribution >= 4 is 27.8 Å². The van der Waals surface area contributed by atoms with Gasteiger partial charge in [-0.3, -0.25) is 0 Å². The fraction of sp³-hybridized carbons (Fsp3) is 0.0169. The quantitative estimate of drug-likeness (QED) is 0.163. The number of para-hydroxylation sites is 2. The maximum absolute atomic E-state index is 2.58. The van der Waals surface area contributed by atoms with Crippen LogP contribution in [0.3, 0.4) is 0 Å². The fourth-order valence-corrected chi connectivity index (χ4v) is 10.5. The van der Waals surface area contributed by atoms with E-state index in [0.29, 0.717) is 0 Å². The summed E-state index contributed by atoms with van der Waals surface area (Å²) in [6.07, 6.45) is 0. The molecule has 0 unspecified atom stereocenters. The van der Waals surface area contributed by atoms with Crippen molar-refractivity contribution in [3.63, 3.8) is 0 Å². The molecule has 0 heterocycles. The van der Waals surface area contributed by atoms with Crippen LogP contribution < -0.4 is 4.90 Å². The number of anilines is 3. The molecule has 0 radical (unpaired) electrons. The van der Waals surface area contributed by atoms with Gasteiger partial charge in [0.25, 0.3) is 0 Å². The van der Waals surface area contributed by atoms with Gasteiger partial charge in [0, 0.05) is 16.7 Å². The van der Waals surface area contributed by atoms with E-state index in [2.05, 4.69) is 241 Å². The standard InChI is InChI=1S/C59H39N/c1-3-20-40(21-4-1)42-38-39-46(45-26-8-7-25-44(42)45)50-30-13-18-36-56(50)60(55-35-17-12-24-43(55)41-22-5-2-6-23-41)57-37-19-31-51-49-29-11-16-34-54(49)59(58(51)57)52-32-14-9-27-47(52)48-28-10-15-33-53(48)59/h1-39H. The van der Waals surface area contributed by atoms with Gasteiger partial charge < -0.3 is 4.90 Å². The Labute approximate surface area is 351 Å². The summed E-state index contributed by atoms with van der Waals surface area (Å²) in [4.78, 5) is 2.58. The van der Waals surface area contributed by atoms with Gasteiger partial charge >= 0.3 is 0 Å². The first-order valence-electron chi connectivity index (χ1n) is 20.9. The van der Waals surface area contributed by atoms with Crippen molar-refractivity contribution < 1.29 is 0 Å². The minimum Gasteiger partial charge on any atom is -0.309 e. The van der Waals surface area contributed by atoms with E-state index >= 15 is 0 Å². The summed E-state index contributed by atoms with van der Waals surface area (Å²) in [7, 11) is 0. The lowest BCUT2D eigenvalue weighted by Gasteiger charge is -2.37. The molecule has 1 nitrogen and oxygen atoms in total. The number of rotatable bonds is 6. The molecule has 12 rings (SSSR count). The van der Waals surface area contributed by atoms with Crippen molar-refractivity contribution in [3.05, 3.63) is 259 Å². The van der Waals surface area contributed by atoms with E-state index in [1.54, 1.807) is 0 Å². The molecule has 1 spiro atoms. The fourth-order valence-electron chi connectivity index (χ4n) is 10.5. The van der Waals surface area contributed by atoms with Crippen LogP contribution in [0, 0.1) is 0 Å². The Balaban J connectivity index is 1.20. The third-order valence-corrected chi connectivity index (χ3v) is 12.9. The van der Waals surface area contributed by atoms with Gasteiger partial charge in [0.1, 0.15) is 0 Å². The molecule has 2 aliphatic rings. The lowest BCUT2D eigenvalue weighted by atomic mass is 9.70. The van der Waals surface area contributed by atoms with Gasteiger partial charge in [0.2, 0.25) is 0 Å². The SMILES string of the molecule is c1ccc(-c2ccccc2N(c2ccccc2-c2ccc(-c3ccccc3)c3ccccc23)c2cccc3c2C2(c4ccccc4-c4ccccc42)c2ccccc2-3)cc1. The molecule has 10 aromatic rings. The molecule has 0 N–H and O–H groups in total. The predicted molar refractivity (Wildman–Crippen MR) is 251 cm³/mol. The highest BCUT2D eigenvalue weighted by Crippen LogP contribution is 2.65. The summed E-state index contributed by atoms with van der Waals surface area (Å²) in [6, 6.07) is 87.4. The maximum Gasteiger partial charge on any atom is 0.0746 e. The highest BCUT2D eigenvalue weighted by molar-refractivity contribution is 6.08. The molecule has 0 amide bonds. The van der Waals surface area contributed by atoms with Gasteiger partial charge in [0.15, 0.2) is 0 Å². The van der Waals surface area contributed by atoms with Gasteiger partial charge in [-0.05, 0) is 90.2 Å². The second-order valence-corrected chi connectivity index (χ2v) is 15.9. The molecule has 0 atom stereocenters. The van der Waals surface area contributed by atoms with Crippen molar-refractivity contribution in [2.75, 3.05) is 4.90 Å².